The van der Waals surface area contributed by atoms with Crippen LogP contribution in [0.4, 0.5) is 4.79 Å². The monoisotopic (exact) mass is 365 g/mol. The van der Waals surface area contributed by atoms with Crippen LogP contribution in [0, 0.1) is 5.92 Å². The summed E-state index contributed by atoms with van der Waals surface area (Å²) in [5, 5.41) is 3.08. The summed E-state index contributed by atoms with van der Waals surface area (Å²) in [4.78, 5) is 27.9. The van der Waals surface area contributed by atoms with Crippen LogP contribution in [0.3, 0.4) is 0 Å². The molecule has 1 N–H and O–H groups in total. The molecule has 2 aliphatic heterocycles. The Kier molecular flexibility index (Phi) is 5.27. The number of rotatable bonds is 3. The first-order chi connectivity index (χ1) is 12.0. The van der Waals surface area contributed by atoms with Gasteiger partial charge in [0.25, 0.3) is 5.91 Å². The fourth-order valence-corrected chi connectivity index (χ4v) is 3.65. The van der Waals surface area contributed by atoms with Crippen molar-refractivity contribution in [2.24, 2.45) is 5.92 Å². The molecule has 0 bridgehead atoms. The number of nitrogens with one attached hydrogen (secondary N) is 1. The van der Waals surface area contributed by atoms with E-state index in [0.717, 1.165) is 12.8 Å². The van der Waals surface area contributed by atoms with Gasteiger partial charge >= 0.3 is 6.09 Å². The van der Waals surface area contributed by atoms with E-state index in [-0.39, 0.29) is 29.8 Å². The van der Waals surface area contributed by atoms with Crippen molar-refractivity contribution in [1.29, 1.82) is 0 Å². The van der Waals surface area contributed by atoms with Gasteiger partial charge in [0.15, 0.2) is 10.9 Å². The van der Waals surface area contributed by atoms with Gasteiger partial charge in [0, 0.05) is 19.1 Å². The minimum atomic E-state index is -0.347. The molecule has 7 nitrogen and oxygen atoms in total. The Labute approximate surface area is 152 Å². The fraction of sp³-hybridized carbons (Fsp3) is 0.588. The number of ether oxygens (including phenoxy) is 1. The van der Waals surface area contributed by atoms with E-state index in [1.807, 2.05) is 9.80 Å². The van der Waals surface area contributed by atoms with E-state index in [4.69, 9.17) is 21.4 Å². The van der Waals surface area contributed by atoms with E-state index >= 15 is 0 Å². The lowest BCUT2D eigenvalue weighted by molar-refractivity contribution is 0.0940. The molecule has 2 saturated heterocycles. The highest BCUT2D eigenvalue weighted by Gasteiger charge is 2.40. The molecule has 1 unspecified atom stereocenters. The second-order valence-electron chi connectivity index (χ2n) is 6.75. The summed E-state index contributed by atoms with van der Waals surface area (Å²) in [6.07, 6.45) is 2.83. The first-order valence-corrected chi connectivity index (χ1v) is 8.97. The van der Waals surface area contributed by atoms with Crippen molar-refractivity contribution in [2.45, 2.75) is 38.8 Å². The van der Waals surface area contributed by atoms with Gasteiger partial charge in [0.05, 0.1) is 12.3 Å². The molecule has 2 fully saturated rings. The average molecular weight is 365 g/mol. The number of carbonyl (C=O) groups is 2. The zero-order valence-electron chi connectivity index (χ0n) is 14.4. The first-order valence-electron chi connectivity index (χ1n) is 8.56. The molecule has 0 radical (unpaired) electrons. The molecule has 1 aromatic rings. The van der Waals surface area contributed by atoms with Crippen LogP contribution in [0.15, 0.2) is 22.8 Å². The molecule has 0 spiro atoms. The maximum Gasteiger partial charge on any atom is 0.410 e. The molecule has 3 rings (SSSR count). The van der Waals surface area contributed by atoms with E-state index in [1.165, 1.54) is 6.26 Å². The van der Waals surface area contributed by atoms with Gasteiger partial charge in [0.2, 0.25) is 0 Å². The van der Waals surface area contributed by atoms with Crippen LogP contribution in [-0.4, -0.2) is 58.7 Å². The Morgan fingerprint density at radius 2 is 2.08 bits per heavy atom. The summed E-state index contributed by atoms with van der Waals surface area (Å²) in [6.45, 7) is 6.06. The van der Waals surface area contributed by atoms with Crippen LogP contribution in [0.2, 0.25) is 0 Å². The Hall–Kier alpha value is -2.09. The summed E-state index contributed by atoms with van der Waals surface area (Å²) in [7, 11) is 0. The number of furan rings is 1. The van der Waals surface area contributed by atoms with Crippen molar-refractivity contribution < 1.29 is 18.7 Å². The molecule has 1 atom stereocenters. The number of thiocarbonyl (C=S) groups is 1. The van der Waals surface area contributed by atoms with Crippen molar-refractivity contribution >= 4 is 29.3 Å². The molecule has 8 heteroatoms. The average Bonchev–Trinajstić information content (AvgIpc) is 3.24. The molecule has 136 valence electrons. The summed E-state index contributed by atoms with van der Waals surface area (Å²) in [6, 6.07) is 3.54. The molecular formula is C17H23N3O4S. The molecule has 0 aromatic carbocycles. The zero-order valence-corrected chi connectivity index (χ0v) is 15.3. The van der Waals surface area contributed by atoms with Gasteiger partial charge in [-0.05, 0) is 43.1 Å². The minimum Gasteiger partial charge on any atom is -0.459 e. The zero-order chi connectivity index (χ0) is 18.0. The maximum absolute atomic E-state index is 12.1. The third kappa shape index (κ3) is 3.78. The lowest BCUT2D eigenvalue weighted by atomic mass is 9.98. The highest BCUT2D eigenvalue weighted by atomic mass is 32.1. The number of nitrogens with zero attached hydrogens (tertiary/aromatic N) is 2. The van der Waals surface area contributed by atoms with Crippen LogP contribution in [0.1, 0.15) is 37.2 Å². The number of likely N-dealkylation sites (tertiary alicyclic amines) is 1. The summed E-state index contributed by atoms with van der Waals surface area (Å²) in [5.41, 5.74) is 0. The topological polar surface area (TPSA) is 75.0 Å². The van der Waals surface area contributed by atoms with Crippen molar-refractivity contribution in [1.82, 2.24) is 15.1 Å². The number of hydrogen-bond acceptors (Lipinski definition) is 5. The van der Waals surface area contributed by atoms with Gasteiger partial charge < -0.3 is 14.1 Å². The van der Waals surface area contributed by atoms with Gasteiger partial charge in [-0.15, -0.1) is 0 Å². The number of piperidine rings is 1. The van der Waals surface area contributed by atoms with Gasteiger partial charge in [-0.25, -0.2) is 4.79 Å². The molecule has 0 saturated carbocycles. The van der Waals surface area contributed by atoms with Crippen molar-refractivity contribution in [3.05, 3.63) is 24.2 Å². The predicted molar refractivity (Wildman–Crippen MR) is 95.2 cm³/mol. The van der Waals surface area contributed by atoms with Crippen LogP contribution in [-0.2, 0) is 4.74 Å². The molecule has 2 amide bonds. The normalized spacial score (nSPS) is 21.6. The molecular weight excluding hydrogens is 342 g/mol. The smallest absolute Gasteiger partial charge is 0.410 e. The molecule has 0 aliphatic carbocycles. The highest BCUT2D eigenvalue weighted by Crippen LogP contribution is 2.27. The van der Waals surface area contributed by atoms with Gasteiger partial charge in [-0.1, -0.05) is 13.8 Å². The number of carbonyl (C=O) groups excluding carboxylic acids is 2. The number of amides is 2. The van der Waals surface area contributed by atoms with Gasteiger partial charge in [0.1, 0.15) is 6.61 Å². The van der Waals surface area contributed by atoms with E-state index in [2.05, 4.69) is 19.2 Å². The van der Waals surface area contributed by atoms with Crippen molar-refractivity contribution in [3.63, 3.8) is 0 Å². The van der Waals surface area contributed by atoms with Crippen molar-refractivity contribution in [2.75, 3.05) is 19.7 Å². The van der Waals surface area contributed by atoms with Crippen LogP contribution in [0.5, 0.6) is 0 Å². The number of hydrogen-bond donors (Lipinski definition) is 1. The Morgan fingerprint density at radius 3 is 2.68 bits per heavy atom. The van der Waals surface area contributed by atoms with E-state index in [1.54, 1.807) is 12.1 Å². The number of cyclic esters (lactones) is 1. The second kappa shape index (κ2) is 7.43. The third-order valence-electron chi connectivity index (χ3n) is 4.83. The molecule has 25 heavy (non-hydrogen) atoms. The maximum atomic E-state index is 12.1. The van der Waals surface area contributed by atoms with Crippen LogP contribution >= 0.6 is 12.2 Å². The molecule has 3 heterocycles. The molecule has 1 aromatic heterocycles. The lowest BCUT2D eigenvalue weighted by Gasteiger charge is -2.39. The Morgan fingerprint density at radius 1 is 1.36 bits per heavy atom. The van der Waals surface area contributed by atoms with E-state index in [0.29, 0.717) is 30.7 Å². The van der Waals surface area contributed by atoms with Gasteiger partial charge in [-0.2, -0.15) is 0 Å². The first kappa shape index (κ1) is 17.7. The van der Waals surface area contributed by atoms with Gasteiger partial charge in [-0.3, -0.25) is 15.0 Å². The largest absolute Gasteiger partial charge is 0.459 e. The second-order valence-corrected chi connectivity index (χ2v) is 7.14. The quantitative estimate of drug-likeness (QED) is 0.828. The minimum absolute atomic E-state index is 0.134. The predicted octanol–water partition coefficient (Wildman–Crippen LogP) is 2.24. The highest BCUT2D eigenvalue weighted by molar-refractivity contribution is 7.80. The lowest BCUT2D eigenvalue weighted by Crippen LogP contribution is -2.53. The van der Waals surface area contributed by atoms with Crippen LogP contribution < -0.4 is 5.32 Å². The SMILES string of the molecule is CC(C)C1COC(=O)N1C1CCN(C(=S)NC(=O)c2ccco2)CC1. The summed E-state index contributed by atoms with van der Waals surface area (Å²) < 4.78 is 10.3. The van der Waals surface area contributed by atoms with Crippen molar-refractivity contribution in [3.8, 4) is 0 Å². The Balaban J connectivity index is 1.54. The van der Waals surface area contributed by atoms with E-state index in [9.17, 15) is 9.59 Å². The van der Waals surface area contributed by atoms with Crippen LogP contribution in [0.25, 0.3) is 0 Å². The Bertz CT molecular complexity index is 638. The standard InChI is InChI=1S/C17H23N3O4S/c1-11(2)13-10-24-17(22)20(13)12-5-7-19(8-6-12)16(25)18-15(21)14-4-3-9-23-14/h3-4,9,11-13H,5-8,10H2,1-2H3,(H,18,21,25). The summed E-state index contributed by atoms with van der Waals surface area (Å²) >= 11 is 5.33. The fourth-order valence-electron chi connectivity index (χ4n) is 3.37. The third-order valence-corrected chi connectivity index (χ3v) is 5.19. The van der Waals surface area contributed by atoms with E-state index < -0.39 is 0 Å². The summed E-state index contributed by atoms with van der Waals surface area (Å²) in [5.74, 6) is 0.245. The molecule has 2 aliphatic rings.